The molecular weight excluding hydrogens is 333 g/mol. The van der Waals surface area contributed by atoms with Gasteiger partial charge >= 0.3 is 0 Å². The van der Waals surface area contributed by atoms with Crippen LogP contribution in [0.1, 0.15) is 5.56 Å². The Kier molecular flexibility index (Phi) is 4.79. The van der Waals surface area contributed by atoms with E-state index in [2.05, 4.69) is 21.1 Å². The number of nitrogens with two attached hydrogens (primary N) is 1. The zero-order valence-corrected chi connectivity index (χ0v) is 12.2. The fourth-order valence-corrected chi connectivity index (χ4v) is 2.67. The Morgan fingerprint density at radius 1 is 1.60 bits per heavy atom. The zero-order chi connectivity index (χ0) is 14.7. The molecule has 20 heavy (non-hydrogen) atoms. The number of hydrogen-bond acceptors (Lipinski definition) is 5. The van der Waals surface area contributed by atoms with Crippen molar-refractivity contribution < 1.29 is 19.4 Å². The van der Waals surface area contributed by atoms with E-state index < -0.39 is 5.82 Å². The zero-order valence-electron chi connectivity index (χ0n) is 10.6. The van der Waals surface area contributed by atoms with Gasteiger partial charge in [-0.25, -0.2) is 4.39 Å². The Hall–Kier alpha value is -1.38. The fraction of sp³-hybridized carbons (Fsp3) is 0.417. The largest absolute Gasteiger partial charge is 0.409 e. The van der Waals surface area contributed by atoms with Crippen LogP contribution in [0.25, 0.3) is 0 Å². The molecule has 1 fully saturated rings. The van der Waals surface area contributed by atoms with Gasteiger partial charge in [-0.1, -0.05) is 5.16 Å². The van der Waals surface area contributed by atoms with Gasteiger partial charge in [0, 0.05) is 12.1 Å². The third kappa shape index (κ3) is 2.72. The van der Waals surface area contributed by atoms with E-state index in [9.17, 15) is 9.50 Å². The van der Waals surface area contributed by atoms with Gasteiger partial charge in [0.25, 0.3) is 0 Å². The number of hydrogen-bond donors (Lipinski definition) is 3. The van der Waals surface area contributed by atoms with Crippen molar-refractivity contribution in [1.29, 1.82) is 0 Å². The summed E-state index contributed by atoms with van der Waals surface area (Å²) < 4.78 is 19.8. The molecule has 1 aliphatic rings. The van der Waals surface area contributed by atoms with Crippen LogP contribution in [0.3, 0.4) is 0 Å². The van der Waals surface area contributed by atoms with Crippen LogP contribution in [0.4, 0.5) is 10.1 Å². The fourth-order valence-electron chi connectivity index (χ4n) is 2.14. The molecule has 8 heteroatoms. The summed E-state index contributed by atoms with van der Waals surface area (Å²) in [7, 11) is 0. The van der Waals surface area contributed by atoms with Gasteiger partial charge in [-0.3, -0.25) is 0 Å². The Morgan fingerprint density at radius 2 is 2.35 bits per heavy atom. The first-order chi connectivity index (χ1) is 9.60. The number of amidine groups is 1. The lowest BCUT2D eigenvalue weighted by molar-refractivity contribution is 0.0723. The first kappa shape index (κ1) is 15.0. The van der Waals surface area contributed by atoms with E-state index in [1.807, 2.05) is 0 Å². The summed E-state index contributed by atoms with van der Waals surface area (Å²) in [6.07, 6.45) is 0. The van der Waals surface area contributed by atoms with Gasteiger partial charge in [0.05, 0.1) is 36.0 Å². The number of aliphatic hydroxyl groups excluding tert-OH is 1. The average molecular weight is 348 g/mol. The van der Waals surface area contributed by atoms with Crippen molar-refractivity contribution in [2.24, 2.45) is 10.9 Å². The van der Waals surface area contributed by atoms with Crippen LogP contribution in [-0.2, 0) is 4.74 Å². The molecule has 0 aliphatic carbocycles. The first-order valence-corrected chi connectivity index (χ1v) is 6.80. The molecule has 0 saturated carbocycles. The van der Waals surface area contributed by atoms with Gasteiger partial charge in [0.15, 0.2) is 11.7 Å². The number of halogens is 2. The van der Waals surface area contributed by atoms with E-state index in [1.54, 1.807) is 17.0 Å². The van der Waals surface area contributed by atoms with E-state index in [0.29, 0.717) is 25.4 Å². The second-order valence-electron chi connectivity index (χ2n) is 4.35. The van der Waals surface area contributed by atoms with E-state index >= 15 is 0 Å². The summed E-state index contributed by atoms with van der Waals surface area (Å²) in [6, 6.07) is 2.81. The number of nitrogens with zero attached hydrogens (tertiary/aromatic N) is 2. The van der Waals surface area contributed by atoms with Crippen LogP contribution in [0, 0.1) is 5.82 Å². The maximum absolute atomic E-state index is 14.4. The SMILES string of the molecule is N/C(=N/O)c1ccc(N2CCOCC2CO)c(F)c1Br. The van der Waals surface area contributed by atoms with Gasteiger partial charge < -0.3 is 25.7 Å². The van der Waals surface area contributed by atoms with Gasteiger partial charge in [-0.2, -0.15) is 0 Å². The van der Waals surface area contributed by atoms with Gasteiger partial charge in [0.1, 0.15) is 0 Å². The highest BCUT2D eigenvalue weighted by Crippen LogP contribution is 2.31. The van der Waals surface area contributed by atoms with Crippen molar-refractivity contribution in [3.8, 4) is 0 Å². The van der Waals surface area contributed by atoms with Crippen molar-refractivity contribution in [3.05, 3.63) is 28.0 Å². The molecular formula is C12H15BrFN3O3. The predicted molar refractivity (Wildman–Crippen MR) is 75.6 cm³/mol. The van der Waals surface area contributed by atoms with Crippen molar-refractivity contribution in [2.45, 2.75) is 6.04 Å². The molecule has 0 amide bonds. The van der Waals surface area contributed by atoms with E-state index in [4.69, 9.17) is 15.7 Å². The minimum absolute atomic E-state index is 0.119. The molecule has 1 saturated heterocycles. The number of benzene rings is 1. The number of aliphatic hydroxyl groups is 1. The second kappa shape index (κ2) is 6.38. The lowest BCUT2D eigenvalue weighted by Crippen LogP contribution is -2.48. The summed E-state index contributed by atoms with van der Waals surface area (Å²) in [5.41, 5.74) is 6.08. The maximum Gasteiger partial charge on any atom is 0.171 e. The molecule has 1 aliphatic heterocycles. The third-order valence-electron chi connectivity index (χ3n) is 3.19. The minimum Gasteiger partial charge on any atom is -0.409 e. The number of ether oxygens (including phenoxy) is 1. The summed E-state index contributed by atoms with van der Waals surface area (Å²) in [5, 5.41) is 20.9. The van der Waals surface area contributed by atoms with Gasteiger partial charge in [-0.15, -0.1) is 0 Å². The van der Waals surface area contributed by atoms with E-state index in [-0.39, 0.29) is 28.5 Å². The van der Waals surface area contributed by atoms with Gasteiger partial charge in [-0.05, 0) is 28.1 Å². The summed E-state index contributed by atoms with van der Waals surface area (Å²) in [4.78, 5) is 1.75. The Labute approximate surface area is 123 Å². The van der Waals surface area contributed by atoms with Crippen LogP contribution < -0.4 is 10.6 Å². The maximum atomic E-state index is 14.4. The average Bonchev–Trinajstić information content (AvgIpc) is 2.49. The predicted octanol–water partition coefficient (Wildman–Crippen LogP) is 0.880. The van der Waals surface area contributed by atoms with Crippen LogP contribution in [-0.4, -0.2) is 48.6 Å². The molecule has 1 heterocycles. The highest BCUT2D eigenvalue weighted by atomic mass is 79.9. The molecule has 0 radical (unpaired) electrons. The minimum atomic E-state index is -0.519. The molecule has 6 nitrogen and oxygen atoms in total. The van der Waals surface area contributed by atoms with Crippen molar-refractivity contribution in [2.75, 3.05) is 31.3 Å². The molecule has 1 unspecified atom stereocenters. The molecule has 1 atom stereocenters. The molecule has 1 aromatic rings. The lowest BCUT2D eigenvalue weighted by atomic mass is 10.1. The summed E-state index contributed by atoms with van der Waals surface area (Å²) in [6.45, 7) is 1.17. The van der Waals surface area contributed by atoms with E-state index in [1.165, 1.54) is 0 Å². The highest BCUT2D eigenvalue weighted by Gasteiger charge is 2.26. The third-order valence-corrected chi connectivity index (χ3v) is 3.97. The number of oxime groups is 1. The summed E-state index contributed by atoms with van der Waals surface area (Å²) >= 11 is 3.11. The normalized spacial score (nSPS) is 20.2. The second-order valence-corrected chi connectivity index (χ2v) is 5.14. The monoisotopic (exact) mass is 347 g/mol. The Morgan fingerprint density at radius 3 is 3.00 bits per heavy atom. The molecule has 2 rings (SSSR count). The molecule has 0 bridgehead atoms. The number of anilines is 1. The Bertz CT molecular complexity index is 527. The van der Waals surface area contributed by atoms with Crippen LogP contribution in [0.2, 0.25) is 0 Å². The highest BCUT2D eigenvalue weighted by molar-refractivity contribution is 9.10. The topological polar surface area (TPSA) is 91.3 Å². The first-order valence-electron chi connectivity index (χ1n) is 6.01. The van der Waals surface area contributed by atoms with Crippen LogP contribution in [0.5, 0.6) is 0 Å². The Balaban J connectivity index is 2.40. The van der Waals surface area contributed by atoms with Crippen molar-refractivity contribution in [1.82, 2.24) is 0 Å². The van der Waals surface area contributed by atoms with Crippen molar-refractivity contribution in [3.63, 3.8) is 0 Å². The number of rotatable bonds is 3. The standard InChI is InChI=1S/C12H15BrFN3O3/c13-10-8(12(15)16-19)1-2-9(11(10)14)17-3-4-20-6-7(17)5-18/h1-2,7,18-19H,3-6H2,(H2,15,16). The number of morpholine rings is 1. The van der Waals surface area contributed by atoms with Crippen molar-refractivity contribution >= 4 is 27.5 Å². The molecule has 0 spiro atoms. The molecule has 0 aromatic heterocycles. The quantitative estimate of drug-likeness (QED) is 0.327. The summed E-state index contributed by atoms with van der Waals surface area (Å²) in [5.74, 6) is -0.697. The van der Waals surface area contributed by atoms with E-state index in [0.717, 1.165) is 0 Å². The van der Waals surface area contributed by atoms with Crippen LogP contribution >= 0.6 is 15.9 Å². The molecule has 4 N–H and O–H groups in total. The molecule has 1 aromatic carbocycles. The van der Waals surface area contributed by atoms with Gasteiger partial charge in [0.2, 0.25) is 0 Å². The molecule has 110 valence electrons. The van der Waals surface area contributed by atoms with Crippen LogP contribution in [0.15, 0.2) is 21.8 Å². The lowest BCUT2D eigenvalue weighted by Gasteiger charge is -2.36. The smallest absolute Gasteiger partial charge is 0.171 e.